The van der Waals surface area contributed by atoms with Gasteiger partial charge in [-0.2, -0.15) is 5.10 Å². The van der Waals surface area contributed by atoms with E-state index < -0.39 is 0 Å². The molecule has 1 aliphatic rings. The van der Waals surface area contributed by atoms with Crippen LogP contribution in [-0.2, 0) is 22.7 Å². The number of piperidine rings is 1. The zero-order chi connectivity index (χ0) is 20.5. The molecule has 2 aromatic rings. The van der Waals surface area contributed by atoms with Gasteiger partial charge in [-0.15, -0.1) is 0 Å². The maximum absolute atomic E-state index is 12.5. The van der Waals surface area contributed by atoms with Crippen LogP contribution in [0.25, 0.3) is 0 Å². The number of amides is 2. The second-order valence-electron chi connectivity index (χ2n) is 7.42. The number of nitrogens with one attached hydrogen (secondary N) is 1. The molecule has 0 aliphatic carbocycles. The first-order valence-corrected chi connectivity index (χ1v) is 10.1. The molecule has 0 radical (unpaired) electrons. The van der Waals surface area contributed by atoms with E-state index in [1.807, 2.05) is 29.2 Å². The zero-order valence-corrected chi connectivity index (χ0v) is 16.9. The van der Waals surface area contributed by atoms with Crippen molar-refractivity contribution in [1.29, 1.82) is 0 Å². The second-order valence-corrected chi connectivity index (χ2v) is 7.42. The van der Waals surface area contributed by atoms with E-state index in [9.17, 15) is 9.59 Å². The van der Waals surface area contributed by atoms with Gasteiger partial charge < -0.3 is 15.0 Å². The topological polar surface area (TPSA) is 89.4 Å². The van der Waals surface area contributed by atoms with Gasteiger partial charge in [0.15, 0.2) is 0 Å². The molecule has 8 heteroatoms. The Kier molecular flexibility index (Phi) is 7.61. The number of carbonyl (C=O) groups is 2. The molecule has 156 valence electrons. The van der Waals surface area contributed by atoms with Gasteiger partial charge >= 0.3 is 0 Å². The van der Waals surface area contributed by atoms with Crippen LogP contribution in [0.2, 0.25) is 0 Å². The van der Waals surface area contributed by atoms with E-state index in [0.717, 1.165) is 43.7 Å². The lowest BCUT2D eigenvalue weighted by Crippen LogP contribution is -2.40. The van der Waals surface area contributed by atoms with Crippen LogP contribution in [0.4, 0.5) is 0 Å². The van der Waals surface area contributed by atoms with Crippen molar-refractivity contribution in [3.05, 3.63) is 42.5 Å². The molecule has 1 N–H and O–H groups in total. The Labute approximate surface area is 171 Å². The van der Waals surface area contributed by atoms with E-state index in [2.05, 4.69) is 15.4 Å². The quantitative estimate of drug-likeness (QED) is 0.697. The summed E-state index contributed by atoms with van der Waals surface area (Å²) in [5.74, 6) is 1.35. The molecule has 2 heterocycles. The number of likely N-dealkylation sites (tertiary alicyclic amines) is 1. The number of aryl methyl sites for hydroxylation is 1. The fourth-order valence-electron chi connectivity index (χ4n) is 3.65. The van der Waals surface area contributed by atoms with Gasteiger partial charge in [0.2, 0.25) is 11.8 Å². The zero-order valence-electron chi connectivity index (χ0n) is 16.9. The predicted molar refractivity (Wildman–Crippen MR) is 108 cm³/mol. The smallest absolute Gasteiger partial charge is 0.224 e. The summed E-state index contributed by atoms with van der Waals surface area (Å²) in [5, 5.41) is 7.00. The normalized spacial score (nSPS) is 16.4. The summed E-state index contributed by atoms with van der Waals surface area (Å²) in [7, 11) is 1.63. The Morgan fingerprint density at radius 1 is 1.31 bits per heavy atom. The van der Waals surface area contributed by atoms with Gasteiger partial charge in [-0.05, 0) is 42.9 Å². The predicted octanol–water partition coefficient (Wildman–Crippen LogP) is 2.01. The van der Waals surface area contributed by atoms with E-state index in [1.165, 1.54) is 6.33 Å². The van der Waals surface area contributed by atoms with Crippen molar-refractivity contribution >= 4 is 11.8 Å². The minimum absolute atomic E-state index is 0.0439. The fourth-order valence-corrected chi connectivity index (χ4v) is 3.65. The molecule has 3 rings (SSSR count). The molecule has 1 aromatic carbocycles. The number of ether oxygens (including phenoxy) is 1. The van der Waals surface area contributed by atoms with Gasteiger partial charge in [-0.1, -0.05) is 12.1 Å². The number of benzene rings is 1. The third-order valence-electron chi connectivity index (χ3n) is 5.30. The van der Waals surface area contributed by atoms with E-state index in [4.69, 9.17) is 4.74 Å². The van der Waals surface area contributed by atoms with Crippen LogP contribution in [0.5, 0.6) is 5.75 Å². The lowest BCUT2D eigenvalue weighted by atomic mass is 9.93. The van der Waals surface area contributed by atoms with Crippen LogP contribution in [-0.4, -0.2) is 51.7 Å². The van der Waals surface area contributed by atoms with Crippen molar-refractivity contribution in [1.82, 2.24) is 25.0 Å². The summed E-state index contributed by atoms with van der Waals surface area (Å²) in [4.78, 5) is 30.5. The Morgan fingerprint density at radius 2 is 2.21 bits per heavy atom. The molecule has 1 fully saturated rings. The molecule has 1 atom stereocenters. The first kappa shape index (κ1) is 20.8. The average molecular weight is 399 g/mol. The SMILES string of the molecule is COc1cccc(CNC(=O)CC[C@H]2CCCN(C(=O)CCn3cncn3)C2)c1. The first-order valence-electron chi connectivity index (χ1n) is 10.1. The summed E-state index contributed by atoms with van der Waals surface area (Å²) in [6.07, 6.45) is 6.86. The highest BCUT2D eigenvalue weighted by atomic mass is 16.5. The van der Waals surface area contributed by atoms with E-state index in [-0.39, 0.29) is 11.8 Å². The monoisotopic (exact) mass is 399 g/mol. The Bertz CT molecular complexity index is 793. The van der Waals surface area contributed by atoms with Gasteiger partial charge in [-0.25, -0.2) is 4.98 Å². The number of rotatable bonds is 9. The lowest BCUT2D eigenvalue weighted by Gasteiger charge is -2.33. The van der Waals surface area contributed by atoms with Crippen molar-refractivity contribution in [2.75, 3.05) is 20.2 Å². The van der Waals surface area contributed by atoms with Gasteiger partial charge in [-0.3, -0.25) is 14.3 Å². The highest BCUT2D eigenvalue weighted by Crippen LogP contribution is 2.21. The summed E-state index contributed by atoms with van der Waals surface area (Å²) in [6.45, 7) is 2.58. The van der Waals surface area contributed by atoms with Crippen molar-refractivity contribution in [3.63, 3.8) is 0 Å². The third-order valence-corrected chi connectivity index (χ3v) is 5.30. The Morgan fingerprint density at radius 3 is 3.00 bits per heavy atom. The summed E-state index contributed by atoms with van der Waals surface area (Å²) in [6, 6.07) is 7.68. The summed E-state index contributed by atoms with van der Waals surface area (Å²) >= 11 is 0. The highest BCUT2D eigenvalue weighted by molar-refractivity contribution is 5.76. The van der Waals surface area contributed by atoms with Crippen molar-refractivity contribution in [3.8, 4) is 5.75 Å². The van der Waals surface area contributed by atoms with Crippen LogP contribution < -0.4 is 10.1 Å². The Hall–Kier alpha value is -2.90. The van der Waals surface area contributed by atoms with Gasteiger partial charge in [0.25, 0.3) is 0 Å². The third kappa shape index (κ3) is 6.58. The van der Waals surface area contributed by atoms with E-state index in [1.54, 1.807) is 18.1 Å². The first-order chi connectivity index (χ1) is 14.1. The maximum Gasteiger partial charge on any atom is 0.224 e. The minimum Gasteiger partial charge on any atom is -0.497 e. The number of carbonyl (C=O) groups excluding carboxylic acids is 2. The maximum atomic E-state index is 12.5. The van der Waals surface area contributed by atoms with Crippen LogP contribution in [0.1, 0.15) is 37.7 Å². The number of hydrogen-bond acceptors (Lipinski definition) is 5. The average Bonchev–Trinajstić information content (AvgIpc) is 3.28. The molecular formula is C21H29N5O3. The van der Waals surface area contributed by atoms with Crippen LogP contribution in [0.15, 0.2) is 36.9 Å². The van der Waals surface area contributed by atoms with Crippen LogP contribution in [0, 0.1) is 5.92 Å². The summed E-state index contributed by atoms with van der Waals surface area (Å²) in [5.41, 5.74) is 1.01. The second kappa shape index (κ2) is 10.6. The number of nitrogens with zero attached hydrogens (tertiary/aromatic N) is 4. The van der Waals surface area contributed by atoms with E-state index >= 15 is 0 Å². The Balaban J connectivity index is 1.37. The van der Waals surface area contributed by atoms with Crippen molar-refractivity contribution in [2.24, 2.45) is 5.92 Å². The number of aromatic nitrogens is 3. The molecule has 0 bridgehead atoms. The molecule has 1 saturated heterocycles. The molecule has 2 amide bonds. The standard InChI is InChI=1S/C21H29N5O3/c1-29-19-6-2-4-18(12-19)13-23-20(27)8-7-17-5-3-10-25(14-17)21(28)9-11-26-16-22-15-24-26/h2,4,6,12,15-17H,3,5,7-11,13-14H2,1H3,(H,23,27)/t17-/m1/s1. The largest absolute Gasteiger partial charge is 0.497 e. The lowest BCUT2D eigenvalue weighted by molar-refractivity contribution is -0.133. The van der Waals surface area contributed by atoms with Gasteiger partial charge in [0.05, 0.1) is 13.7 Å². The molecule has 0 spiro atoms. The molecule has 8 nitrogen and oxygen atoms in total. The van der Waals surface area contributed by atoms with Crippen LogP contribution in [0.3, 0.4) is 0 Å². The van der Waals surface area contributed by atoms with Crippen LogP contribution >= 0.6 is 0 Å². The molecular weight excluding hydrogens is 370 g/mol. The van der Waals surface area contributed by atoms with Gasteiger partial charge in [0, 0.05) is 32.5 Å². The fraction of sp³-hybridized carbons (Fsp3) is 0.524. The van der Waals surface area contributed by atoms with Crippen molar-refractivity contribution in [2.45, 2.75) is 45.2 Å². The van der Waals surface area contributed by atoms with Crippen molar-refractivity contribution < 1.29 is 14.3 Å². The number of methoxy groups -OCH3 is 1. The molecule has 1 aromatic heterocycles. The highest BCUT2D eigenvalue weighted by Gasteiger charge is 2.23. The van der Waals surface area contributed by atoms with Gasteiger partial charge in [0.1, 0.15) is 18.4 Å². The number of hydrogen-bond donors (Lipinski definition) is 1. The molecule has 0 saturated carbocycles. The summed E-state index contributed by atoms with van der Waals surface area (Å²) < 4.78 is 6.88. The molecule has 0 unspecified atom stereocenters. The van der Waals surface area contributed by atoms with E-state index in [0.29, 0.717) is 31.8 Å². The molecule has 1 aliphatic heterocycles. The molecule has 29 heavy (non-hydrogen) atoms. The minimum atomic E-state index is 0.0439.